The highest BCUT2D eigenvalue weighted by atomic mass is 79.9. The number of carbonyl (C=O) groups excluding carboxylic acids is 2. The third-order valence-corrected chi connectivity index (χ3v) is 7.94. The maximum atomic E-state index is 13.6. The molecule has 0 saturated carbocycles. The fourth-order valence-electron chi connectivity index (χ4n) is 3.63. The van der Waals surface area contributed by atoms with Crippen molar-refractivity contribution in [2.75, 3.05) is 24.4 Å². The van der Waals surface area contributed by atoms with Crippen molar-refractivity contribution in [3.63, 3.8) is 0 Å². The van der Waals surface area contributed by atoms with Crippen molar-refractivity contribution >= 4 is 43.5 Å². The lowest BCUT2D eigenvalue weighted by Gasteiger charge is -2.31. The molecular weight excluding hydrogens is 530 g/mol. The Hall–Kier alpha value is -3.17. The number of hydrogen-bond acceptors (Lipinski definition) is 4. The summed E-state index contributed by atoms with van der Waals surface area (Å²) in [7, 11) is -2.54. The van der Waals surface area contributed by atoms with Gasteiger partial charge in [-0.3, -0.25) is 13.9 Å². The van der Waals surface area contributed by atoms with Gasteiger partial charge in [0.25, 0.3) is 10.0 Å². The Morgan fingerprint density at radius 1 is 0.914 bits per heavy atom. The van der Waals surface area contributed by atoms with E-state index >= 15 is 0 Å². The van der Waals surface area contributed by atoms with Gasteiger partial charge in [-0.1, -0.05) is 64.5 Å². The molecular formula is C26H28BrN3O4S. The number of hydrogen-bond donors (Lipinski definition) is 1. The van der Waals surface area contributed by atoms with Crippen molar-refractivity contribution in [3.8, 4) is 0 Å². The van der Waals surface area contributed by atoms with E-state index in [0.29, 0.717) is 12.1 Å². The van der Waals surface area contributed by atoms with E-state index in [1.165, 1.54) is 24.1 Å². The molecule has 9 heteroatoms. The summed E-state index contributed by atoms with van der Waals surface area (Å²) in [6.45, 7) is 1.45. The summed E-state index contributed by atoms with van der Waals surface area (Å²) >= 11 is 3.36. The van der Waals surface area contributed by atoms with Gasteiger partial charge < -0.3 is 10.2 Å². The Balaban J connectivity index is 1.95. The van der Waals surface area contributed by atoms with Gasteiger partial charge in [0.05, 0.1) is 10.6 Å². The summed E-state index contributed by atoms with van der Waals surface area (Å²) in [5.74, 6) is -0.799. The van der Waals surface area contributed by atoms with Crippen LogP contribution >= 0.6 is 15.9 Å². The third-order valence-electron chi connectivity index (χ3n) is 5.62. The molecule has 0 bridgehead atoms. The van der Waals surface area contributed by atoms with E-state index in [2.05, 4.69) is 21.2 Å². The van der Waals surface area contributed by atoms with Gasteiger partial charge in [-0.05, 0) is 55.3 Å². The largest absolute Gasteiger partial charge is 0.357 e. The molecule has 35 heavy (non-hydrogen) atoms. The fraction of sp³-hybridized carbons (Fsp3) is 0.231. The second-order valence-corrected chi connectivity index (χ2v) is 10.7. The van der Waals surface area contributed by atoms with Crippen LogP contribution in [-0.2, 0) is 26.0 Å². The molecule has 1 unspecified atom stereocenters. The van der Waals surface area contributed by atoms with E-state index in [-0.39, 0.29) is 17.3 Å². The molecule has 0 aliphatic heterocycles. The number of halogens is 1. The van der Waals surface area contributed by atoms with Crippen molar-refractivity contribution in [1.29, 1.82) is 0 Å². The van der Waals surface area contributed by atoms with Crippen molar-refractivity contribution in [1.82, 2.24) is 10.2 Å². The molecule has 3 aromatic rings. The number of amides is 2. The Labute approximate surface area is 214 Å². The lowest BCUT2D eigenvalue weighted by atomic mass is 10.1. The van der Waals surface area contributed by atoms with Gasteiger partial charge >= 0.3 is 0 Å². The molecule has 0 heterocycles. The average Bonchev–Trinajstić information content (AvgIpc) is 2.88. The molecule has 0 aliphatic rings. The minimum Gasteiger partial charge on any atom is -0.357 e. The zero-order chi connectivity index (χ0) is 25.4. The molecule has 7 nitrogen and oxygen atoms in total. The molecule has 3 aromatic carbocycles. The number of benzene rings is 3. The summed E-state index contributed by atoms with van der Waals surface area (Å²) in [6, 6.07) is 23.5. The highest BCUT2D eigenvalue weighted by Crippen LogP contribution is 2.25. The van der Waals surface area contributed by atoms with Crippen molar-refractivity contribution in [2.45, 2.75) is 24.3 Å². The second kappa shape index (κ2) is 12.0. The predicted octanol–water partition coefficient (Wildman–Crippen LogP) is 3.85. The number of nitrogens with one attached hydrogen (secondary N) is 1. The van der Waals surface area contributed by atoms with Crippen LogP contribution in [0.4, 0.5) is 5.69 Å². The molecule has 0 radical (unpaired) electrons. The first kappa shape index (κ1) is 26.4. The van der Waals surface area contributed by atoms with Crippen molar-refractivity contribution in [3.05, 3.63) is 95.0 Å². The quantitative estimate of drug-likeness (QED) is 0.410. The van der Waals surface area contributed by atoms with E-state index in [0.717, 1.165) is 14.3 Å². The third kappa shape index (κ3) is 6.70. The first-order chi connectivity index (χ1) is 16.7. The highest BCUT2D eigenvalue weighted by molar-refractivity contribution is 9.10. The molecule has 0 fully saturated rings. The minimum atomic E-state index is -4.04. The zero-order valence-electron chi connectivity index (χ0n) is 19.6. The van der Waals surface area contributed by atoms with Gasteiger partial charge in [0.15, 0.2) is 0 Å². The highest BCUT2D eigenvalue weighted by Gasteiger charge is 2.32. The molecule has 0 saturated heterocycles. The van der Waals surface area contributed by atoms with Crippen LogP contribution in [0.25, 0.3) is 0 Å². The summed E-state index contributed by atoms with van der Waals surface area (Å²) in [5.41, 5.74) is 1.36. The van der Waals surface area contributed by atoms with Crippen molar-refractivity contribution in [2.24, 2.45) is 0 Å². The predicted molar refractivity (Wildman–Crippen MR) is 141 cm³/mol. The molecule has 1 N–H and O–H groups in total. The van der Waals surface area contributed by atoms with Crippen molar-refractivity contribution < 1.29 is 18.0 Å². The van der Waals surface area contributed by atoms with Crippen LogP contribution in [0.15, 0.2) is 94.3 Å². The van der Waals surface area contributed by atoms with Gasteiger partial charge in [-0.15, -0.1) is 0 Å². The Morgan fingerprint density at radius 3 is 2.06 bits per heavy atom. The normalized spacial score (nSPS) is 12.0. The smallest absolute Gasteiger partial charge is 0.264 e. The Morgan fingerprint density at radius 2 is 1.49 bits per heavy atom. The van der Waals surface area contributed by atoms with Crippen LogP contribution in [-0.4, -0.2) is 51.3 Å². The van der Waals surface area contributed by atoms with Gasteiger partial charge in [-0.25, -0.2) is 8.42 Å². The fourth-order valence-corrected chi connectivity index (χ4v) is 5.33. The molecule has 2 amide bonds. The summed E-state index contributed by atoms with van der Waals surface area (Å²) in [4.78, 5) is 27.5. The summed E-state index contributed by atoms with van der Waals surface area (Å²) in [6.07, 6.45) is 0.525. The maximum Gasteiger partial charge on any atom is 0.264 e. The number of likely N-dealkylation sites (N-methyl/N-ethyl adjacent to an activating group) is 1. The molecule has 1 atom stereocenters. The Bertz CT molecular complexity index is 1240. The van der Waals surface area contributed by atoms with Gasteiger partial charge in [0, 0.05) is 18.1 Å². The lowest BCUT2D eigenvalue weighted by Crippen LogP contribution is -2.51. The van der Waals surface area contributed by atoms with E-state index in [4.69, 9.17) is 0 Å². The number of rotatable bonds is 10. The molecule has 184 valence electrons. The average molecular weight is 558 g/mol. The number of sulfonamides is 1. The maximum absolute atomic E-state index is 13.6. The second-order valence-electron chi connectivity index (χ2n) is 7.91. The monoisotopic (exact) mass is 557 g/mol. The minimum absolute atomic E-state index is 0.0749. The van der Waals surface area contributed by atoms with Gasteiger partial charge in [-0.2, -0.15) is 0 Å². The van der Waals surface area contributed by atoms with Crippen LogP contribution < -0.4 is 9.62 Å². The standard InChI is InChI=1S/C26H28BrN3O4S/c1-20(26(32)28-2)29(18-17-21-9-5-3-6-10-21)25(31)19-30(23-15-13-22(27)14-16-23)35(33,34)24-11-7-4-8-12-24/h3-16,20H,17-19H2,1-2H3,(H,28,32). The first-order valence-corrected chi connectivity index (χ1v) is 13.4. The van der Waals surface area contributed by atoms with E-state index < -0.39 is 28.5 Å². The SMILES string of the molecule is CNC(=O)C(C)N(CCc1ccccc1)C(=O)CN(c1ccc(Br)cc1)S(=O)(=O)c1ccccc1. The van der Waals surface area contributed by atoms with Gasteiger partial charge in [0.2, 0.25) is 11.8 Å². The van der Waals surface area contributed by atoms with Crippen LogP contribution in [0.1, 0.15) is 12.5 Å². The van der Waals surface area contributed by atoms with E-state index in [1.807, 2.05) is 30.3 Å². The van der Waals surface area contributed by atoms with E-state index in [9.17, 15) is 18.0 Å². The van der Waals surface area contributed by atoms with Gasteiger partial charge in [0.1, 0.15) is 12.6 Å². The van der Waals surface area contributed by atoms with E-state index in [1.54, 1.807) is 49.4 Å². The van der Waals surface area contributed by atoms with Crippen LogP contribution in [0.2, 0.25) is 0 Å². The van der Waals surface area contributed by atoms with Crippen LogP contribution in [0.3, 0.4) is 0 Å². The molecule has 0 aromatic heterocycles. The number of nitrogens with zero attached hydrogens (tertiary/aromatic N) is 2. The Kier molecular flexibility index (Phi) is 9.06. The van der Waals surface area contributed by atoms with Crippen LogP contribution in [0, 0.1) is 0 Å². The number of anilines is 1. The summed E-state index contributed by atoms with van der Waals surface area (Å²) < 4.78 is 29.0. The zero-order valence-corrected chi connectivity index (χ0v) is 22.0. The molecule has 0 aliphatic carbocycles. The first-order valence-electron chi connectivity index (χ1n) is 11.1. The molecule has 0 spiro atoms. The topological polar surface area (TPSA) is 86.8 Å². The van der Waals surface area contributed by atoms with Crippen LogP contribution in [0.5, 0.6) is 0 Å². The molecule has 3 rings (SSSR count). The number of carbonyl (C=O) groups is 2. The summed E-state index contributed by atoms with van der Waals surface area (Å²) in [5, 5.41) is 2.58. The lowest BCUT2D eigenvalue weighted by molar-refractivity contribution is -0.138.